The fraction of sp³-hybridized carbons (Fsp3) is 0.0833. The van der Waals surface area contributed by atoms with Gasteiger partial charge in [0.05, 0.1) is 0 Å². The van der Waals surface area contributed by atoms with Gasteiger partial charge in [0.2, 0.25) is 0 Å². The maximum Gasteiger partial charge on any atom is 0.255 e. The van der Waals surface area contributed by atoms with Crippen molar-refractivity contribution in [2.24, 2.45) is 5.73 Å². The highest BCUT2D eigenvalue weighted by atomic mass is 16.5. The molecule has 146 valence electrons. The minimum Gasteiger partial charge on any atom is -0.484 e. The van der Waals surface area contributed by atoms with Crippen LogP contribution in [-0.2, 0) is 4.79 Å². The van der Waals surface area contributed by atoms with Crippen LogP contribution >= 0.6 is 0 Å². The topological polar surface area (TPSA) is 78.6 Å². The Morgan fingerprint density at radius 2 is 1.62 bits per heavy atom. The Morgan fingerprint density at radius 3 is 2.28 bits per heavy atom. The van der Waals surface area contributed by atoms with Crippen molar-refractivity contribution < 1.29 is 19.1 Å². The molecule has 3 aromatic rings. The Kier molecular flexibility index (Phi) is 6.43. The summed E-state index contributed by atoms with van der Waals surface area (Å²) >= 11 is 0. The number of carbonyl (C=O) groups excluding carboxylic acids is 2. The van der Waals surface area contributed by atoms with E-state index in [2.05, 4.69) is 0 Å². The van der Waals surface area contributed by atoms with Gasteiger partial charge >= 0.3 is 0 Å². The lowest BCUT2D eigenvalue weighted by Gasteiger charge is -2.08. The van der Waals surface area contributed by atoms with Crippen LogP contribution in [0, 0.1) is 6.92 Å². The van der Waals surface area contributed by atoms with Crippen LogP contribution in [0.2, 0.25) is 0 Å². The molecule has 0 bridgehead atoms. The van der Waals surface area contributed by atoms with Gasteiger partial charge in [0, 0.05) is 5.56 Å². The van der Waals surface area contributed by atoms with Crippen molar-refractivity contribution in [1.82, 2.24) is 0 Å². The molecule has 3 rings (SSSR count). The number of allylic oxidation sites excluding steroid dienone is 1. The molecule has 0 saturated heterocycles. The molecule has 0 atom stereocenters. The van der Waals surface area contributed by atoms with Crippen molar-refractivity contribution in [3.63, 3.8) is 0 Å². The van der Waals surface area contributed by atoms with Gasteiger partial charge < -0.3 is 15.2 Å². The van der Waals surface area contributed by atoms with Crippen LogP contribution in [0.4, 0.5) is 0 Å². The maximum atomic E-state index is 12.4. The molecule has 0 heterocycles. The van der Waals surface area contributed by atoms with Crippen LogP contribution in [0.5, 0.6) is 17.2 Å². The van der Waals surface area contributed by atoms with E-state index in [-0.39, 0.29) is 12.4 Å². The molecule has 0 aliphatic rings. The molecular weight excluding hydrogens is 366 g/mol. The average Bonchev–Trinajstić information content (AvgIpc) is 2.72. The third-order valence-corrected chi connectivity index (χ3v) is 4.12. The SMILES string of the molecule is Cc1cc(C(=O)/C=C/c2ccc(Oc3ccccc3)cc2)ccc1OCC(N)=O. The zero-order chi connectivity index (χ0) is 20.6. The minimum absolute atomic E-state index is 0.126. The van der Waals surface area contributed by atoms with Crippen LogP contribution < -0.4 is 15.2 Å². The summed E-state index contributed by atoms with van der Waals surface area (Å²) in [5.74, 6) is 1.34. The monoisotopic (exact) mass is 387 g/mol. The summed E-state index contributed by atoms with van der Waals surface area (Å²) in [6.07, 6.45) is 3.27. The molecule has 5 heteroatoms. The number of benzene rings is 3. The van der Waals surface area contributed by atoms with Gasteiger partial charge in [0.1, 0.15) is 17.2 Å². The Morgan fingerprint density at radius 1 is 0.931 bits per heavy atom. The number of ether oxygens (including phenoxy) is 2. The zero-order valence-corrected chi connectivity index (χ0v) is 16.0. The molecule has 0 aromatic heterocycles. The second kappa shape index (κ2) is 9.37. The predicted molar refractivity (Wildman–Crippen MR) is 112 cm³/mol. The van der Waals surface area contributed by atoms with E-state index in [1.165, 1.54) is 6.08 Å². The first-order chi connectivity index (χ1) is 14.0. The average molecular weight is 387 g/mol. The second-order valence-electron chi connectivity index (χ2n) is 6.42. The number of hydrogen-bond acceptors (Lipinski definition) is 4. The molecule has 0 radical (unpaired) electrons. The number of hydrogen-bond donors (Lipinski definition) is 1. The molecule has 1 amide bonds. The van der Waals surface area contributed by atoms with E-state index in [9.17, 15) is 9.59 Å². The van der Waals surface area contributed by atoms with Crippen LogP contribution in [0.25, 0.3) is 6.08 Å². The summed E-state index contributed by atoms with van der Waals surface area (Å²) < 4.78 is 11.1. The lowest BCUT2D eigenvalue weighted by molar-refractivity contribution is -0.119. The van der Waals surface area contributed by atoms with E-state index < -0.39 is 5.91 Å². The second-order valence-corrected chi connectivity index (χ2v) is 6.42. The summed E-state index contributed by atoms with van der Waals surface area (Å²) in [5, 5.41) is 0. The Labute approximate surface area is 169 Å². The number of primary amides is 1. The quantitative estimate of drug-likeness (QED) is 0.454. The fourth-order valence-corrected chi connectivity index (χ4v) is 2.65. The molecule has 0 fully saturated rings. The number of nitrogens with two attached hydrogens (primary N) is 1. The van der Waals surface area contributed by atoms with Crippen molar-refractivity contribution in [2.45, 2.75) is 6.92 Å². The third kappa shape index (κ3) is 5.81. The highest BCUT2D eigenvalue weighted by molar-refractivity contribution is 6.07. The molecule has 0 saturated carbocycles. The van der Waals surface area contributed by atoms with Crippen molar-refractivity contribution in [1.29, 1.82) is 0 Å². The molecule has 2 N–H and O–H groups in total. The van der Waals surface area contributed by atoms with Gasteiger partial charge in [-0.3, -0.25) is 9.59 Å². The standard InChI is InChI=1S/C24H21NO4/c1-17-15-19(10-14-23(17)28-16-24(25)27)22(26)13-9-18-7-11-21(12-8-18)29-20-5-3-2-4-6-20/h2-15H,16H2,1H3,(H2,25,27)/b13-9+. The summed E-state index contributed by atoms with van der Waals surface area (Å²) in [6, 6.07) is 22.0. The van der Waals surface area contributed by atoms with Gasteiger partial charge in [-0.2, -0.15) is 0 Å². The van der Waals surface area contributed by atoms with Crippen molar-refractivity contribution >= 4 is 17.8 Å². The number of ketones is 1. The highest BCUT2D eigenvalue weighted by Gasteiger charge is 2.07. The third-order valence-electron chi connectivity index (χ3n) is 4.12. The summed E-state index contributed by atoms with van der Waals surface area (Å²) in [6.45, 7) is 1.61. The highest BCUT2D eigenvalue weighted by Crippen LogP contribution is 2.22. The van der Waals surface area contributed by atoms with Gasteiger partial charge in [-0.15, -0.1) is 0 Å². The summed E-state index contributed by atoms with van der Waals surface area (Å²) in [5.41, 5.74) is 7.26. The normalized spacial score (nSPS) is 10.7. The molecule has 5 nitrogen and oxygen atoms in total. The smallest absolute Gasteiger partial charge is 0.255 e. The van der Waals surface area contributed by atoms with E-state index in [0.717, 1.165) is 22.6 Å². The van der Waals surface area contributed by atoms with Crippen LogP contribution in [0.1, 0.15) is 21.5 Å². The van der Waals surface area contributed by atoms with Gasteiger partial charge in [0.25, 0.3) is 5.91 Å². The van der Waals surface area contributed by atoms with Crippen LogP contribution in [0.15, 0.2) is 78.9 Å². The number of rotatable bonds is 8. The maximum absolute atomic E-state index is 12.4. The van der Waals surface area contributed by atoms with Crippen molar-refractivity contribution in [3.8, 4) is 17.2 Å². The van der Waals surface area contributed by atoms with Crippen LogP contribution in [0.3, 0.4) is 0 Å². The lowest BCUT2D eigenvalue weighted by atomic mass is 10.1. The molecule has 0 spiro atoms. The van der Waals surface area contributed by atoms with Gasteiger partial charge in [-0.1, -0.05) is 36.4 Å². The Hall–Kier alpha value is -3.86. The molecule has 0 aliphatic carbocycles. The van der Waals surface area contributed by atoms with Gasteiger partial charge in [-0.05, 0) is 66.6 Å². The largest absolute Gasteiger partial charge is 0.484 e. The van der Waals surface area contributed by atoms with Gasteiger partial charge in [-0.25, -0.2) is 0 Å². The van der Waals surface area contributed by atoms with Gasteiger partial charge in [0.15, 0.2) is 12.4 Å². The van der Waals surface area contributed by atoms with E-state index in [1.54, 1.807) is 24.3 Å². The van der Waals surface area contributed by atoms with Crippen molar-refractivity contribution in [2.75, 3.05) is 6.61 Å². The summed E-state index contributed by atoms with van der Waals surface area (Å²) in [7, 11) is 0. The molecular formula is C24H21NO4. The number of aryl methyl sites for hydroxylation is 1. The summed E-state index contributed by atoms with van der Waals surface area (Å²) in [4.78, 5) is 23.2. The van der Waals surface area contributed by atoms with E-state index in [4.69, 9.17) is 15.2 Å². The predicted octanol–water partition coefficient (Wildman–Crippen LogP) is 4.55. The lowest BCUT2D eigenvalue weighted by Crippen LogP contribution is -2.20. The first kappa shape index (κ1) is 19.9. The van der Waals surface area contributed by atoms with Crippen molar-refractivity contribution in [3.05, 3.63) is 95.6 Å². The number of para-hydroxylation sites is 1. The minimum atomic E-state index is -0.548. The first-order valence-corrected chi connectivity index (χ1v) is 9.08. The number of amides is 1. The van der Waals surface area contributed by atoms with E-state index in [1.807, 2.05) is 61.5 Å². The molecule has 3 aromatic carbocycles. The fourth-order valence-electron chi connectivity index (χ4n) is 2.65. The van der Waals surface area contributed by atoms with Crippen LogP contribution in [-0.4, -0.2) is 18.3 Å². The van der Waals surface area contributed by atoms with E-state index in [0.29, 0.717) is 11.3 Å². The first-order valence-electron chi connectivity index (χ1n) is 9.08. The van der Waals surface area contributed by atoms with E-state index >= 15 is 0 Å². The molecule has 0 aliphatic heterocycles. The molecule has 0 unspecified atom stereocenters. The molecule has 29 heavy (non-hydrogen) atoms. The zero-order valence-electron chi connectivity index (χ0n) is 16.0. The Bertz CT molecular complexity index is 1020. The Balaban J connectivity index is 1.62. The number of carbonyl (C=O) groups is 2.